The van der Waals surface area contributed by atoms with Crippen molar-refractivity contribution in [1.29, 1.82) is 0 Å². The maximum atomic E-state index is 10.6. The maximum absolute atomic E-state index is 10.6. The van der Waals surface area contributed by atoms with Gasteiger partial charge in [-0.15, -0.1) is 0 Å². The molecule has 0 bridgehead atoms. The van der Waals surface area contributed by atoms with Gasteiger partial charge in [0, 0.05) is 19.2 Å². The van der Waals surface area contributed by atoms with Crippen molar-refractivity contribution in [2.24, 2.45) is 11.8 Å². The van der Waals surface area contributed by atoms with Crippen LogP contribution in [0, 0.1) is 11.8 Å². The predicted molar refractivity (Wildman–Crippen MR) is 53.2 cm³/mol. The van der Waals surface area contributed by atoms with E-state index in [1.54, 1.807) is 6.92 Å². The number of rotatable bonds is 5. The highest BCUT2D eigenvalue weighted by Gasteiger charge is 2.22. The van der Waals surface area contributed by atoms with Gasteiger partial charge in [-0.2, -0.15) is 0 Å². The van der Waals surface area contributed by atoms with Gasteiger partial charge < -0.3 is 15.2 Å². The molecule has 1 fully saturated rings. The number of ether oxygens (including phenoxy) is 1. The second-order valence-corrected chi connectivity index (χ2v) is 4.06. The second-order valence-electron chi connectivity index (χ2n) is 4.06. The molecule has 0 aromatic heterocycles. The van der Waals surface area contributed by atoms with Crippen LogP contribution in [0.1, 0.15) is 20.3 Å². The molecule has 3 unspecified atom stereocenters. The zero-order valence-electron chi connectivity index (χ0n) is 8.82. The molecule has 1 aliphatic rings. The second kappa shape index (κ2) is 5.32. The molecule has 0 aliphatic carbocycles. The molecule has 3 atom stereocenters. The highest BCUT2D eigenvalue weighted by atomic mass is 16.5. The van der Waals surface area contributed by atoms with Gasteiger partial charge in [0.15, 0.2) is 0 Å². The van der Waals surface area contributed by atoms with Gasteiger partial charge in [-0.25, -0.2) is 0 Å². The van der Waals surface area contributed by atoms with E-state index in [0.29, 0.717) is 18.5 Å². The Labute approximate surface area is 84.6 Å². The van der Waals surface area contributed by atoms with Crippen molar-refractivity contribution in [3.63, 3.8) is 0 Å². The Bertz CT molecular complexity index is 190. The maximum Gasteiger partial charge on any atom is 0.307 e. The van der Waals surface area contributed by atoms with Crippen LogP contribution in [0.4, 0.5) is 0 Å². The molecule has 82 valence electrons. The minimum atomic E-state index is -0.743. The molecule has 2 N–H and O–H groups in total. The Morgan fingerprint density at radius 1 is 1.64 bits per heavy atom. The van der Waals surface area contributed by atoms with Crippen LogP contribution in [0.2, 0.25) is 0 Å². The fourth-order valence-corrected chi connectivity index (χ4v) is 1.56. The van der Waals surface area contributed by atoms with Crippen LogP contribution in [0.25, 0.3) is 0 Å². The number of nitrogens with one attached hydrogen (secondary N) is 1. The third kappa shape index (κ3) is 3.27. The summed E-state index contributed by atoms with van der Waals surface area (Å²) >= 11 is 0. The van der Waals surface area contributed by atoms with E-state index in [1.807, 2.05) is 0 Å². The first-order chi connectivity index (χ1) is 6.61. The normalized spacial score (nSPS) is 26.0. The molecule has 4 nitrogen and oxygen atoms in total. The van der Waals surface area contributed by atoms with Crippen molar-refractivity contribution < 1.29 is 14.6 Å². The monoisotopic (exact) mass is 201 g/mol. The molecule has 0 aromatic carbocycles. The Hall–Kier alpha value is -0.610. The Morgan fingerprint density at radius 2 is 2.36 bits per heavy atom. The van der Waals surface area contributed by atoms with Gasteiger partial charge in [0.2, 0.25) is 0 Å². The molecule has 0 spiro atoms. The van der Waals surface area contributed by atoms with E-state index < -0.39 is 5.97 Å². The van der Waals surface area contributed by atoms with Crippen LogP contribution < -0.4 is 5.32 Å². The summed E-state index contributed by atoms with van der Waals surface area (Å²) in [6, 6.07) is 0.347. The van der Waals surface area contributed by atoms with Crippen molar-refractivity contribution in [2.75, 3.05) is 19.8 Å². The Morgan fingerprint density at radius 3 is 2.86 bits per heavy atom. The van der Waals surface area contributed by atoms with Gasteiger partial charge in [0.05, 0.1) is 12.5 Å². The average Bonchev–Trinajstić information content (AvgIpc) is 2.66. The molecule has 1 saturated heterocycles. The lowest BCUT2D eigenvalue weighted by atomic mass is 10.00. The third-order valence-electron chi connectivity index (χ3n) is 2.84. The topological polar surface area (TPSA) is 58.6 Å². The summed E-state index contributed by atoms with van der Waals surface area (Å²) in [6.07, 6.45) is 1.08. The van der Waals surface area contributed by atoms with Gasteiger partial charge in [0.1, 0.15) is 0 Å². The summed E-state index contributed by atoms with van der Waals surface area (Å²) in [5.41, 5.74) is 0. The fourth-order valence-electron chi connectivity index (χ4n) is 1.56. The molecule has 0 amide bonds. The molecule has 0 radical (unpaired) electrons. The van der Waals surface area contributed by atoms with E-state index in [4.69, 9.17) is 9.84 Å². The lowest BCUT2D eigenvalue weighted by Crippen LogP contribution is -2.38. The molecule has 0 saturated carbocycles. The number of aliphatic carboxylic acids is 1. The van der Waals surface area contributed by atoms with E-state index in [0.717, 1.165) is 19.6 Å². The highest BCUT2D eigenvalue weighted by molar-refractivity contribution is 5.69. The SMILES string of the molecule is CC(CNC(C)C1CCOC1)C(=O)O. The largest absolute Gasteiger partial charge is 0.481 e. The van der Waals surface area contributed by atoms with Crippen LogP contribution in [0.3, 0.4) is 0 Å². The first-order valence-electron chi connectivity index (χ1n) is 5.15. The molecular weight excluding hydrogens is 182 g/mol. The van der Waals surface area contributed by atoms with E-state index in [9.17, 15) is 4.79 Å². The van der Waals surface area contributed by atoms with Crippen molar-refractivity contribution in [3.05, 3.63) is 0 Å². The lowest BCUT2D eigenvalue weighted by molar-refractivity contribution is -0.141. The lowest BCUT2D eigenvalue weighted by Gasteiger charge is -2.20. The number of hydrogen-bond donors (Lipinski definition) is 2. The van der Waals surface area contributed by atoms with E-state index >= 15 is 0 Å². The first-order valence-corrected chi connectivity index (χ1v) is 5.15. The van der Waals surface area contributed by atoms with Crippen molar-refractivity contribution in [2.45, 2.75) is 26.3 Å². The van der Waals surface area contributed by atoms with Crippen LogP contribution in [-0.4, -0.2) is 36.9 Å². The molecular formula is C10H19NO3. The van der Waals surface area contributed by atoms with Gasteiger partial charge in [-0.3, -0.25) is 4.79 Å². The van der Waals surface area contributed by atoms with Gasteiger partial charge in [-0.1, -0.05) is 6.92 Å². The molecule has 1 rings (SSSR count). The number of carbonyl (C=O) groups is 1. The zero-order valence-corrected chi connectivity index (χ0v) is 8.82. The molecule has 4 heteroatoms. The minimum Gasteiger partial charge on any atom is -0.481 e. The minimum absolute atomic E-state index is 0.320. The van der Waals surface area contributed by atoms with Crippen molar-refractivity contribution >= 4 is 5.97 Å². The smallest absolute Gasteiger partial charge is 0.307 e. The van der Waals surface area contributed by atoms with Gasteiger partial charge in [-0.05, 0) is 19.3 Å². The van der Waals surface area contributed by atoms with E-state index in [2.05, 4.69) is 12.2 Å². The van der Waals surface area contributed by atoms with Crippen molar-refractivity contribution in [3.8, 4) is 0 Å². The molecule has 14 heavy (non-hydrogen) atoms. The summed E-state index contributed by atoms with van der Waals surface area (Å²) in [5.74, 6) is -0.525. The summed E-state index contributed by atoms with van der Waals surface area (Å²) in [6.45, 7) is 5.98. The molecule has 1 aliphatic heterocycles. The van der Waals surface area contributed by atoms with Crippen LogP contribution in [0.15, 0.2) is 0 Å². The Kier molecular flexibility index (Phi) is 4.35. The van der Waals surface area contributed by atoms with Gasteiger partial charge in [0.25, 0.3) is 0 Å². The quantitative estimate of drug-likeness (QED) is 0.688. The highest BCUT2D eigenvalue weighted by Crippen LogP contribution is 2.16. The predicted octanol–water partition coefficient (Wildman–Crippen LogP) is 0.722. The fraction of sp³-hybridized carbons (Fsp3) is 0.900. The third-order valence-corrected chi connectivity index (χ3v) is 2.84. The number of carboxylic acid groups (broad SMARTS) is 1. The number of hydrogen-bond acceptors (Lipinski definition) is 3. The van der Waals surface area contributed by atoms with E-state index in [1.165, 1.54) is 0 Å². The van der Waals surface area contributed by atoms with Crippen LogP contribution in [0.5, 0.6) is 0 Å². The number of carboxylic acids is 1. The summed E-state index contributed by atoms with van der Waals surface area (Å²) in [4.78, 5) is 10.6. The zero-order chi connectivity index (χ0) is 10.6. The summed E-state index contributed by atoms with van der Waals surface area (Å²) in [5, 5.41) is 11.9. The standard InChI is InChI=1S/C10H19NO3/c1-7(10(12)13)5-11-8(2)9-3-4-14-6-9/h7-9,11H,3-6H2,1-2H3,(H,12,13). The molecule has 1 heterocycles. The summed E-state index contributed by atoms with van der Waals surface area (Å²) < 4.78 is 5.28. The van der Waals surface area contributed by atoms with Gasteiger partial charge >= 0.3 is 5.97 Å². The Balaban J connectivity index is 2.19. The van der Waals surface area contributed by atoms with E-state index in [-0.39, 0.29) is 5.92 Å². The van der Waals surface area contributed by atoms with Crippen molar-refractivity contribution in [1.82, 2.24) is 5.32 Å². The molecule has 0 aromatic rings. The average molecular weight is 201 g/mol. The van der Waals surface area contributed by atoms with Crippen LogP contribution in [-0.2, 0) is 9.53 Å². The summed E-state index contributed by atoms with van der Waals surface area (Å²) in [7, 11) is 0. The first kappa shape index (κ1) is 11.5. The van der Waals surface area contributed by atoms with Crippen LogP contribution >= 0.6 is 0 Å².